The van der Waals surface area contributed by atoms with E-state index in [-0.39, 0.29) is 0 Å². The molecule has 2 aliphatic rings. The van der Waals surface area contributed by atoms with Crippen LogP contribution in [0, 0.1) is 5.92 Å². The second kappa shape index (κ2) is 5.97. The van der Waals surface area contributed by atoms with Crippen molar-refractivity contribution < 1.29 is 0 Å². The minimum Gasteiger partial charge on any atom is -0.0952 e. The van der Waals surface area contributed by atoms with Gasteiger partial charge in [0.05, 0.1) is 0 Å². The maximum absolute atomic E-state index is 4.33. The van der Waals surface area contributed by atoms with E-state index in [9.17, 15) is 0 Å². The molecule has 1 aromatic carbocycles. The number of fused-ring (bicyclic) bond motifs is 1. The third kappa shape index (κ3) is 2.75. The van der Waals surface area contributed by atoms with Gasteiger partial charge < -0.3 is 0 Å². The van der Waals surface area contributed by atoms with E-state index in [2.05, 4.69) is 86.0 Å². The molecule has 21 heavy (non-hydrogen) atoms. The Balaban J connectivity index is 2.11. The topological polar surface area (TPSA) is 0 Å². The molecule has 0 bridgehead atoms. The zero-order valence-corrected chi connectivity index (χ0v) is 12.2. The number of hydrogen-bond acceptors (Lipinski definition) is 0. The van der Waals surface area contributed by atoms with Crippen LogP contribution >= 0.6 is 0 Å². The van der Waals surface area contributed by atoms with E-state index >= 15 is 0 Å². The molecule has 0 radical (unpaired) electrons. The van der Waals surface area contributed by atoms with Gasteiger partial charge in [0.1, 0.15) is 0 Å². The molecule has 0 amide bonds. The van der Waals surface area contributed by atoms with Crippen LogP contribution in [0.15, 0.2) is 103 Å². The Morgan fingerprint density at radius 2 is 1.67 bits per heavy atom. The van der Waals surface area contributed by atoms with Crippen molar-refractivity contribution >= 4 is 0 Å². The van der Waals surface area contributed by atoms with Crippen molar-refractivity contribution in [2.75, 3.05) is 0 Å². The summed E-state index contributed by atoms with van der Waals surface area (Å²) in [6.07, 6.45) is 16.0. The number of allylic oxidation sites excluding steroid dienone is 10. The van der Waals surface area contributed by atoms with Crippen LogP contribution < -0.4 is 0 Å². The minimum absolute atomic E-state index is 0.301. The van der Waals surface area contributed by atoms with Crippen LogP contribution in [0.1, 0.15) is 17.9 Å². The van der Waals surface area contributed by atoms with E-state index in [4.69, 9.17) is 0 Å². The molecule has 0 heteroatoms. The van der Waals surface area contributed by atoms with Gasteiger partial charge in [-0.25, -0.2) is 0 Å². The van der Waals surface area contributed by atoms with Crippen molar-refractivity contribution in [3.8, 4) is 0 Å². The second-order valence-corrected chi connectivity index (χ2v) is 5.60. The first-order chi connectivity index (χ1) is 10.3. The molecule has 2 aliphatic carbocycles. The van der Waals surface area contributed by atoms with E-state index in [0.717, 1.165) is 17.6 Å². The average Bonchev–Trinajstić information content (AvgIpc) is 2.58. The lowest BCUT2D eigenvalue weighted by Gasteiger charge is -2.31. The summed E-state index contributed by atoms with van der Waals surface area (Å²) >= 11 is 0. The lowest BCUT2D eigenvalue weighted by atomic mass is 9.72. The van der Waals surface area contributed by atoms with Crippen LogP contribution in [-0.4, -0.2) is 0 Å². The van der Waals surface area contributed by atoms with E-state index in [1.54, 1.807) is 0 Å². The smallest absolute Gasteiger partial charge is 0.0155 e. The van der Waals surface area contributed by atoms with Gasteiger partial charge in [0.25, 0.3) is 0 Å². The molecular weight excluding hydrogens is 252 g/mol. The molecule has 3 rings (SSSR count). The quantitative estimate of drug-likeness (QED) is 0.632. The fraction of sp³-hybridized carbons (Fsp3) is 0.143. The van der Waals surface area contributed by atoms with Crippen molar-refractivity contribution in [1.29, 1.82) is 0 Å². The average molecular weight is 272 g/mol. The van der Waals surface area contributed by atoms with Crippen LogP contribution in [0.5, 0.6) is 0 Å². The number of rotatable bonds is 1. The molecule has 2 unspecified atom stereocenters. The summed E-state index contributed by atoms with van der Waals surface area (Å²) in [6.45, 7) is 8.57. The molecule has 0 heterocycles. The van der Waals surface area contributed by atoms with Gasteiger partial charge >= 0.3 is 0 Å². The van der Waals surface area contributed by atoms with Crippen molar-refractivity contribution in [1.82, 2.24) is 0 Å². The van der Waals surface area contributed by atoms with Crippen molar-refractivity contribution in [2.45, 2.75) is 12.3 Å². The maximum atomic E-state index is 4.33. The summed E-state index contributed by atoms with van der Waals surface area (Å²) < 4.78 is 0. The maximum Gasteiger partial charge on any atom is 0.0155 e. The third-order valence-corrected chi connectivity index (χ3v) is 4.25. The minimum atomic E-state index is 0.301. The highest BCUT2D eigenvalue weighted by molar-refractivity contribution is 5.50. The molecular formula is C21H20. The largest absolute Gasteiger partial charge is 0.0952 e. The fourth-order valence-electron chi connectivity index (χ4n) is 3.22. The first-order valence-electron chi connectivity index (χ1n) is 7.42. The Hall–Kier alpha value is -2.34. The molecule has 0 saturated carbocycles. The van der Waals surface area contributed by atoms with Crippen molar-refractivity contribution in [3.05, 3.63) is 108 Å². The molecule has 0 nitrogen and oxygen atoms in total. The van der Waals surface area contributed by atoms with Gasteiger partial charge in [-0.3, -0.25) is 0 Å². The summed E-state index contributed by atoms with van der Waals surface area (Å²) in [5.41, 5.74) is 4.91. The predicted molar refractivity (Wildman–Crippen MR) is 91.1 cm³/mol. The van der Waals surface area contributed by atoms with Crippen LogP contribution in [0.2, 0.25) is 0 Å². The standard InChI is InChI=1S/C21H20/c1-16-10-6-7-11-17(2)21(18-12-4-3-5-13-18)20-15-9-8-14-19(16)20/h3-14,20-21H,1-2,15H2/b10-6-,11-7-. The first-order valence-corrected chi connectivity index (χ1v) is 7.42. The van der Waals surface area contributed by atoms with Crippen LogP contribution in [0.25, 0.3) is 0 Å². The second-order valence-electron chi connectivity index (χ2n) is 5.60. The Morgan fingerprint density at radius 1 is 0.905 bits per heavy atom. The molecule has 1 aromatic rings. The van der Waals surface area contributed by atoms with Gasteiger partial charge in [0.2, 0.25) is 0 Å². The first kappa shape index (κ1) is 13.6. The Labute approximate surface area is 127 Å². The normalized spacial score (nSPS) is 27.9. The molecule has 0 N–H and O–H groups in total. The molecule has 0 saturated heterocycles. The summed E-state index contributed by atoms with van der Waals surface area (Å²) in [7, 11) is 0. The zero-order valence-electron chi connectivity index (χ0n) is 12.2. The Kier molecular flexibility index (Phi) is 3.87. The highest BCUT2D eigenvalue weighted by atomic mass is 14.3. The van der Waals surface area contributed by atoms with Gasteiger partial charge in [0, 0.05) is 5.92 Å². The van der Waals surface area contributed by atoms with Crippen molar-refractivity contribution in [3.63, 3.8) is 0 Å². The molecule has 0 spiro atoms. The molecule has 104 valence electrons. The summed E-state index contributed by atoms with van der Waals surface area (Å²) in [5.74, 6) is 0.708. The monoisotopic (exact) mass is 272 g/mol. The van der Waals surface area contributed by atoms with Crippen molar-refractivity contribution in [2.24, 2.45) is 5.92 Å². The fourth-order valence-corrected chi connectivity index (χ4v) is 3.22. The Morgan fingerprint density at radius 3 is 2.48 bits per heavy atom. The van der Waals surface area contributed by atoms with E-state index in [0.29, 0.717) is 11.8 Å². The lowest BCUT2D eigenvalue weighted by Crippen LogP contribution is -2.18. The number of hydrogen-bond donors (Lipinski definition) is 0. The van der Waals surface area contributed by atoms with Crippen LogP contribution in [-0.2, 0) is 0 Å². The third-order valence-electron chi connectivity index (χ3n) is 4.25. The van der Waals surface area contributed by atoms with E-state index in [1.807, 2.05) is 0 Å². The number of benzene rings is 1. The molecule has 2 atom stereocenters. The summed E-state index contributed by atoms with van der Waals surface area (Å²) in [4.78, 5) is 0. The van der Waals surface area contributed by atoms with Crippen LogP contribution in [0.4, 0.5) is 0 Å². The lowest BCUT2D eigenvalue weighted by molar-refractivity contribution is 0.549. The highest BCUT2D eigenvalue weighted by Crippen LogP contribution is 2.42. The molecule has 0 fully saturated rings. The van der Waals surface area contributed by atoms with Gasteiger partial charge in [-0.05, 0) is 34.6 Å². The summed E-state index contributed by atoms with van der Waals surface area (Å²) in [6, 6.07) is 10.7. The van der Waals surface area contributed by atoms with E-state index in [1.165, 1.54) is 11.1 Å². The van der Waals surface area contributed by atoms with Gasteiger partial charge in [-0.15, -0.1) is 0 Å². The molecule has 0 aliphatic heterocycles. The summed E-state index contributed by atoms with van der Waals surface area (Å²) in [5, 5.41) is 0. The van der Waals surface area contributed by atoms with Gasteiger partial charge in [-0.2, -0.15) is 0 Å². The predicted octanol–water partition coefficient (Wildman–Crippen LogP) is 5.51. The van der Waals surface area contributed by atoms with Gasteiger partial charge in [-0.1, -0.05) is 86.0 Å². The van der Waals surface area contributed by atoms with Gasteiger partial charge in [0.15, 0.2) is 0 Å². The Bertz CT molecular complexity index is 665. The zero-order chi connectivity index (χ0) is 14.7. The SMILES string of the molecule is C=C1/C=C\C=C/C(=C)C(c2ccccc2)C2CC=CC=C12. The molecule has 0 aromatic heterocycles. The van der Waals surface area contributed by atoms with Crippen LogP contribution in [0.3, 0.4) is 0 Å². The van der Waals surface area contributed by atoms with E-state index < -0.39 is 0 Å². The highest BCUT2D eigenvalue weighted by Gasteiger charge is 2.29.